The smallest absolute Gasteiger partial charge is 0.197 e. The van der Waals surface area contributed by atoms with Crippen LogP contribution in [0.3, 0.4) is 0 Å². The second kappa shape index (κ2) is 4.11. The lowest BCUT2D eigenvalue weighted by atomic mass is 10.0. The molecule has 1 aromatic heterocycles. The molecule has 0 aliphatic carbocycles. The van der Waals surface area contributed by atoms with Gasteiger partial charge in [0, 0.05) is 17.9 Å². The number of aromatic nitrogens is 2. The Hall–Kier alpha value is -1.00. The molecule has 16 heavy (non-hydrogen) atoms. The lowest BCUT2D eigenvalue weighted by Gasteiger charge is -2.10. The third-order valence-electron chi connectivity index (χ3n) is 2.92. The van der Waals surface area contributed by atoms with E-state index in [4.69, 9.17) is 4.74 Å². The Kier molecular flexibility index (Phi) is 2.61. The first-order chi connectivity index (χ1) is 7.84. The van der Waals surface area contributed by atoms with Gasteiger partial charge in [-0.2, -0.15) is 0 Å². The molecular formula is C12H11BrN2O. The fraction of sp³-hybridized carbons (Fsp3) is 0.333. The predicted molar refractivity (Wildman–Crippen MR) is 65.4 cm³/mol. The zero-order valence-corrected chi connectivity index (χ0v) is 10.3. The van der Waals surface area contributed by atoms with Crippen LogP contribution < -0.4 is 0 Å². The number of ether oxygens (including phenoxy) is 1. The molecule has 2 heterocycles. The van der Waals surface area contributed by atoms with Gasteiger partial charge in [-0.05, 0) is 28.4 Å². The number of benzene rings is 1. The number of fused-ring (bicyclic) bond motifs is 1. The van der Waals surface area contributed by atoms with Crippen LogP contribution in [0.25, 0.3) is 10.9 Å². The van der Waals surface area contributed by atoms with Gasteiger partial charge < -0.3 is 4.74 Å². The number of rotatable bonds is 1. The monoisotopic (exact) mass is 278 g/mol. The van der Waals surface area contributed by atoms with Crippen molar-refractivity contribution in [2.24, 2.45) is 0 Å². The maximum atomic E-state index is 5.42. The Morgan fingerprint density at radius 3 is 2.94 bits per heavy atom. The number of halogens is 1. The van der Waals surface area contributed by atoms with Gasteiger partial charge in [-0.3, -0.25) is 0 Å². The van der Waals surface area contributed by atoms with E-state index in [1.165, 1.54) is 0 Å². The summed E-state index contributed by atoms with van der Waals surface area (Å²) >= 11 is 3.37. The third-order valence-corrected chi connectivity index (χ3v) is 3.28. The third kappa shape index (κ3) is 1.72. The molecule has 4 heteroatoms. The Balaban J connectivity index is 2.21. The van der Waals surface area contributed by atoms with Crippen molar-refractivity contribution >= 4 is 26.8 Å². The summed E-state index contributed by atoms with van der Waals surface area (Å²) in [5, 5.41) is 1.14. The molecule has 1 saturated heterocycles. The van der Waals surface area contributed by atoms with Crippen LogP contribution in [-0.4, -0.2) is 23.2 Å². The van der Waals surface area contributed by atoms with Crippen LogP contribution in [0.1, 0.15) is 18.0 Å². The molecule has 1 aromatic carbocycles. The Labute approximate surface area is 102 Å². The van der Waals surface area contributed by atoms with E-state index in [9.17, 15) is 0 Å². The second-order valence-corrected chi connectivity index (χ2v) is 4.66. The molecule has 1 aliphatic rings. The normalized spacial score (nSPS) is 20.4. The van der Waals surface area contributed by atoms with Crippen molar-refractivity contribution in [2.45, 2.75) is 12.3 Å². The van der Waals surface area contributed by atoms with Gasteiger partial charge in [0.2, 0.25) is 0 Å². The van der Waals surface area contributed by atoms with Gasteiger partial charge in [0.05, 0.1) is 17.8 Å². The summed E-state index contributed by atoms with van der Waals surface area (Å²) in [5.41, 5.74) is 2.10. The average molecular weight is 279 g/mol. The van der Waals surface area contributed by atoms with Crippen LogP contribution in [0.2, 0.25) is 0 Å². The first-order valence-corrected chi connectivity index (χ1v) is 6.14. The van der Waals surface area contributed by atoms with Gasteiger partial charge in [0.1, 0.15) is 0 Å². The highest BCUT2D eigenvalue weighted by Gasteiger charge is 2.21. The van der Waals surface area contributed by atoms with Crippen molar-refractivity contribution in [1.29, 1.82) is 0 Å². The molecule has 0 saturated carbocycles. The van der Waals surface area contributed by atoms with Crippen molar-refractivity contribution in [3.63, 3.8) is 0 Å². The summed E-state index contributed by atoms with van der Waals surface area (Å²) in [6.45, 7) is 1.61. The Bertz CT molecular complexity index is 523. The summed E-state index contributed by atoms with van der Waals surface area (Å²) in [5.74, 6) is 0.407. The molecule has 3 nitrogen and oxygen atoms in total. The molecule has 0 N–H and O–H groups in total. The minimum absolute atomic E-state index is 0.407. The first-order valence-electron chi connectivity index (χ1n) is 5.34. The van der Waals surface area contributed by atoms with Gasteiger partial charge >= 0.3 is 0 Å². The van der Waals surface area contributed by atoms with Gasteiger partial charge in [0.25, 0.3) is 0 Å². The van der Waals surface area contributed by atoms with E-state index in [0.29, 0.717) is 10.7 Å². The van der Waals surface area contributed by atoms with Gasteiger partial charge in [0.15, 0.2) is 4.73 Å². The number of para-hydroxylation sites is 1. The average Bonchev–Trinajstić information content (AvgIpc) is 2.81. The van der Waals surface area contributed by atoms with E-state index in [2.05, 4.69) is 32.0 Å². The Morgan fingerprint density at radius 1 is 1.25 bits per heavy atom. The summed E-state index contributed by atoms with van der Waals surface area (Å²) in [6, 6.07) is 8.12. The zero-order chi connectivity index (χ0) is 11.0. The molecule has 82 valence electrons. The first kappa shape index (κ1) is 10.2. The van der Waals surface area contributed by atoms with Crippen LogP contribution in [0.15, 0.2) is 29.0 Å². The molecule has 0 bridgehead atoms. The molecule has 0 radical (unpaired) electrons. The van der Waals surface area contributed by atoms with Crippen LogP contribution >= 0.6 is 15.9 Å². The lowest BCUT2D eigenvalue weighted by molar-refractivity contribution is 0.193. The number of nitrogens with zero attached hydrogens (tertiary/aromatic N) is 2. The summed E-state index contributed by atoms with van der Waals surface area (Å²) in [4.78, 5) is 8.88. The van der Waals surface area contributed by atoms with Crippen LogP contribution in [0, 0.1) is 0 Å². The fourth-order valence-electron chi connectivity index (χ4n) is 2.13. The largest absolute Gasteiger partial charge is 0.381 e. The molecule has 2 aromatic rings. The maximum Gasteiger partial charge on any atom is 0.197 e. The zero-order valence-electron chi connectivity index (χ0n) is 8.69. The topological polar surface area (TPSA) is 35.0 Å². The molecule has 3 rings (SSSR count). The van der Waals surface area contributed by atoms with Crippen molar-refractivity contribution in [3.05, 3.63) is 34.7 Å². The van der Waals surface area contributed by atoms with Crippen molar-refractivity contribution < 1.29 is 4.74 Å². The number of hydrogen-bond donors (Lipinski definition) is 0. The standard InChI is InChI=1S/C12H11BrN2O/c13-12-14-10-4-2-1-3-9(10)11(15-12)8-5-6-16-7-8/h1-4,8H,5-7H2. The fourth-order valence-corrected chi connectivity index (χ4v) is 2.52. The summed E-state index contributed by atoms with van der Waals surface area (Å²) < 4.78 is 6.08. The molecular weight excluding hydrogens is 268 g/mol. The van der Waals surface area contributed by atoms with Crippen molar-refractivity contribution in [3.8, 4) is 0 Å². The van der Waals surface area contributed by atoms with Crippen molar-refractivity contribution in [2.75, 3.05) is 13.2 Å². The summed E-state index contributed by atoms with van der Waals surface area (Å²) in [6.07, 6.45) is 1.05. The van der Waals surface area contributed by atoms with Crippen LogP contribution in [0.4, 0.5) is 0 Å². The summed E-state index contributed by atoms with van der Waals surface area (Å²) in [7, 11) is 0. The van der Waals surface area contributed by atoms with Gasteiger partial charge in [-0.25, -0.2) is 9.97 Å². The highest BCUT2D eigenvalue weighted by molar-refractivity contribution is 9.10. The van der Waals surface area contributed by atoms with Crippen molar-refractivity contribution in [1.82, 2.24) is 9.97 Å². The molecule has 1 fully saturated rings. The molecule has 1 aliphatic heterocycles. The van der Waals surface area contributed by atoms with Gasteiger partial charge in [-0.1, -0.05) is 18.2 Å². The highest BCUT2D eigenvalue weighted by atomic mass is 79.9. The Morgan fingerprint density at radius 2 is 2.12 bits per heavy atom. The second-order valence-electron chi connectivity index (χ2n) is 3.96. The minimum atomic E-state index is 0.407. The van der Waals surface area contributed by atoms with Gasteiger partial charge in [-0.15, -0.1) is 0 Å². The van der Waals surface area contributed by atoms with E-state index in [1.54, 1.807) is 0 Å². The molecule has 1 atom stereocenters. The minimum Gasteiger partial charge on any atom is -0.381 e. The van der Waals surface area contributed by atoms with E-state index >= 15 is 0 Å². The van der Waals surface area contributed by atoms with E-state index in [0.717, 1.165) is 36.2 Å². The predicted octanol–water partition coefficient (Wildman–Crippen LogP) is 2.90. The number of hydrogen-bond acceptors (Lipinski definition) is 3. The molecule has 1 unspecified atom stereocenters. The highest BCUT2D eigenvalue weighted by Crippen LogP contribution is 2.29. The molecule has 0 spiro atoms. The SMILES string of the molecule is Brc1nc(C2CCOC2)c2ccccc2n1. The van der Waals surface area contributed by atoms with E-state index in [-0.39, 0.29) is 0 Å². The maximum absolute atomic E-state index is 5.42. The van der Waals surface area contributed by atoms with E-state index in [1.807, 2.05) is 18.2 Å². The van der Waals surface area contributed by atoms with E-state index < -0.39 is 0 Å². The van der Waals surface area contributed by atoms with Crippen LogP contribution in [0.5, 0.6) is 0 Å². The quantitative estimate of drug-likeness (QED) is 0.753. The van der Waals surface area contributed by atoms with Crippen LogP contribution in [-0.2, 0) is 4.74 Å². The molecule has 0 amide bonds. The lowest BCUT2D eigenvalue weighted by Crippen LogP contribution is -2.03.